The van der Waals surface area contributed by atoms with E-state index in [1.54, 1.807) is 37.6 Å². The molecule has 1 saturated heterocycles. The second kappa shape index (κ2) is 12.1. The number of ether oxygens (including phenoxy) is 1. The molecule has 2 amide bonds. The van der Waals surface area contributed by atoms with Gasteiger partial charge in [-0.05, 0) is 55.4 Å². The van der Waals surface area contributed by atoms with Gasteiger partial charge in [0.2, 0.25) is 5.95 Å². The molecule has 10 heteroatoms. The number of aryl methyl sites for hydroxylation is 1. The predicted molar refractivity (Wildman–Crippen MR) is 137 cm³/mol. The van der Waals surface area contributed by atoms with Crippen LogP contribution in [0.25, 0.3) is 11.2 Å². The fraction of sp³-hybridized carbons (Fsp3) is 0.462. The molecule has 36 heavy (non-hydrogen) atoms. The molecular weight excluding hydrogens is 460 g/mol. The molecule has 0 radical (unpaired) electrons. The molecular formula is C26H34N6O4. The summed E-state index contributed by atoms with van der Waals surface area (Å²) in [6.45, 7) is 2.95. The van der Waals surface area contributed by atoms with E-state index in [0.717, 1.165) is 24.8 Å². The Morgan fingerprint density at radius 1 is 1.22 bits per heavy atom. The topological polar surface area (TPSA) is 136 Å². The smallest absolute Gasteiger partial charge is 0.257 e. The van der Waals surface area contributed by atoms with Crippen LogP contribution in [0.15, 0.2) is 36.5 Å². The van der Waals surface area contributed by atoms with Gasteiger partial charge in [0.1, 0.15) is 5.52 Å². The van der Waals surface area contributed by atoms with Crippen molar-refractivity contribution in [3.05, 3.63) is 53.2 Å². The summed E-state index contributed by atoms with van der Waals surface area (Å²) in [6, 6.07) is 8.89. The number of imidazole rings is 1. The number of hydrogen-bond acceptors (Lipinski definition) is 7. The second-order valence-electron chi connectivity index (χ2n) is 9.11. The van der Waals surface area contributed by atoms with Crippen LogP contribution in [-0.2, 0) is 17.8 Å². The molecule has 1 aliphatic heterocycles. The van der Waals surface area contributed by atoms with Crippen LogP contribution in [0.1, 0.15) is 52.0 Å². The van der Waals surface area contributed by atoms with E-state index in [0.29, 0.717) is 73.4 Å². The van der Waals surface area contributed by atoms with E-state index in [4.69, 9.17) is 10.5 Å². The van der Waals surface area contributed by atoms with Gasteiger partial charge in [0.05, 0.1) is 5.56 Å². The molecule has 4 N–H and O–H groups in total. The van der Waals surface area contributed by atoms with Gasteiger partial charge < -0.3 is 20.5 Å². The first kappa shape index (κ1) is 25.7. The van der Waals surface area contributed by atoms with E-state index in [1.165, 1.54) is 0 Å². The molecule has 0 atom stereocenters. The van der Waals surface area contributed by atoms with Crippen LogP contribution in [0.4, 0.5) is 5.95 Å². The summed E-state index contributed by atoms with van der Waals surface area (Å²) >= 11 is 0. The van der Waals surface area contributed by atoms with Crippen LogP contribution in [0.3, 0.4) is 0 Å². The monoisotopic (exact) mass is 494 g/mol. The lowest BCUT2D eigenvalue weighted by Gasteiger charge is -2.31. The highest BCUT2D eigenvalue weighted by atomic mass is 16.5. The fourth-order valence-electron chi connectivity index (χ4n) is 4.61. The first-order chi connectivity index (χ1) is 17.5. The molecule has 3 heterocycles. The number of carbonyl (C=O) groups excluding carboxylic acids is 2. The number of pyridine rings is 1. The maximum Gasteiger partial charge on any atom is 0.257 e. The van der Waals surface area contributed by atoms with Crippen molar-refractivity contribution >= 4 is 28.9 Å². The molecule has 0 bridgehead atoms. The summed E-state index contributed by atoms with van der Waals surface area (Å²) in [5.41, 5.74) is 8.67. The molecule has 3 aromatic rings. The van der Waals surface area contributed by atoms with Crippen molar-refractivity contribution in [2.45, 2.75) is 38.8 Å². The van der Waals surface area contributed by atoms with Crippen molar-refractivity contribution in [3.63, 3.8) is 0 Å². The Morgan fingerprint density at radius 2 is 2.03 bits per heavy atom. The Balaban J connectivity index is 1.57. The van der Waals surface area contributed by atoms with Crippen LogP contribution in [-0.4, -0.2) is 69.8 Å². The molecule has 10 nitrogen and oxygen atoms in total. The first-order valence-corrected chi connectivity index (χ1v) is 12.4. The van der Waals surface area contributed by atoms with Gasteiger partial charge in [0.25, 0.3) is 11.8 Å². The number of likely N-dealkylation sites (tertiary alicyclic amines) is 1. The number of benzene rings is 1. The van der Waals surface area contributed by atoms with E-state index < -0.39 is 0 Å². The largest absolute Gasteiger partial charge is 0.396 e. The molecule has 0 aliphatic carbocycles. The highest BCUT2D eigenvalue weighted by Crippen LogP contribution is 2.24. The Labute approximate surface area is 210 Å². The number of fused-ring (bicyclic) bond motifs is 1. The Bertz CT molecular complexity index is 1200. The molecule has 0 unspecified atom stereocenters. The van der Waals surface area contributed by atoms with Crippen molar-refractivity contribution in [1.29, 1.82) is 0 Å². The van der Waals surface area contributed by atoms with E-state index in [-0.39, 0.29) is 18.4 Å². The lowest BCUT2D eigenvalue weighted by Crippen LogP contribution is -2.38. The minimum Gasteiger partial charge on any atom is -0.396 e. The van der Waals surface area contributed by atoms with Gasteiger partial charge in [-0.15, -0.1) is 0 Å². The number of nitrogens with one attached hydrogen (secondary N) is 1. The van der Waals surface area contributed by atoms with E-state index in [1.807, 2.05) is 15.5 Å². The van der Waals surface area contributed by atoms with Crippen LogP contribution >= 0.6 is 0 Å². The second-order valence-corrected chi connectivity index (χ2v) is 9.11. The minimum absolute atomic E-state index is 0.0787. The van der Waals surface area contributed by atoms with E-state index in [2.05, 4.69) is 15.3 Å². The van der Waals surface area contributed by atoms with Gasteiger partial charge in [0.15, 0.2) is 5.65 Å². The number of nitrogens with zero attached hydrogens (tertiary/aromatic N) is 4. The average Bonchev–Trinajstić information content (AvgIpc) is 3.25. The molecule has 0 spiro atoms. The van der Waals surface area contributed by atoms with Gasteiger partial charge >= 0.3 is 0 Å². The fourth-order valence-corrected chi connectivity index (χ4v) is 4.61. The number of piperidine rings is 1. The number of carbonyl (C=O) groups is 2. The predicted octanol–water partition coefficient (Wildman–Crippen LogP) is 2.41. The third-order valence-electron chi connectivity index (χ3n) is 6.65. The summed E-state index contributed by atoms with van der Waals surface area (Å²) in [6.07, 6.45) is 4.84. The van der Waals surface area contributed by atoms with Gasteiger partial charge in [-0.25, -0.2) is 9.97 Å². The van der Waals surface area contributed by atoms with Gasteiger partial charge in [-0.3, -0.25) is 19.5 Å². The Morgan fingerprint density at radius 3 is 2.75 bits per heavy atom. The number of aliphatic hydroxyl groups is 1. The highest BCUT2D eigenvalue weighted by molar-refractivity contribution is 6.04. The molecule has 1 aliphatic rings. The summed E-state index contributed by atoms with van der Waals surface area (Å²) in [4.78, 5) is 37.1. The van der Waals surface area contributed by atoms with Crippen molar-refractivity contribution in [2.75, 3.05) is 38.7 Å². The van der Waals surface area contributed by atoms with E-state index >= 15 is 0 Å². The summed E-state index contributed by atoms with van der Waals surface area (Å²) in [7, 11) is 1.64. The van der Waals surface area contributed by atoms with Crippen LogP contribution in [0.5, 0.6) is 0 Å². The van der Waals surface area contributed by atoms with Crippen molar-refractivity contribution in [3.8, 4) is 0 Å². The highest BCUT2D eigenvalue weighted by Gasteiger charge is 2.25. The molecule has 1 fully saturated rings. The third kappa shape index (κ3) is 5.89. The number of methoxy groups -OCH3 is 1. The summed E-state index contributed by atoms with van der Waals surface area (Å²) < 4.78 is 7.03. The van der Waals surface area contributed by atoms with E-state index in [9.17, 15) is 14.7 Å². The molecule has 4 rings (SSSR count). The molecule has 0 saturated carbocycles. The van der Waals surface area contributed by atoms with Crippen molar-refractivity contribution in [2.24, 2.45) is 11.7 Å². The van der Waals surface area contributed by atoms with Crippen LogP contribution in [0.2, 0.25) is 0 Å². The number of amides is 2. The molecule has 192 valence electrons. The summed E-state index contributed by atoms with van der Waals surface area (Å²) in [5.74, 6) is 0.450. The lowest BCUT2D eigenvalue weighted by atomic mass is 9.93. The van der Waals surface area contributed by atoms with Gasteiger partial charge in [-0.2, -0.15) is 0 Å². The quantitative estimate of drug-likeness (QED) is 0.368. The first-order valence-electron chi connectivity index (χ1n) is 12.4. The van der Waals surface area contributed by atoms with Crippen molar-refractivity contribution in [1.82, 2.24) is 19.4 Å². The number of anilines is 1. The normalized spacial score (nSPS) is 14.4. The number of aromatic nitrogens is 3. The number of hydrogen-bond donors (Lipinski definition) is 3. The lowest BCUT2D eigenvalue weighted by molar-refractivity contribution is 0.0677. The Hall–Kier alpha value is -3.34. The summed E-state index contributed by atoms with van der Waals surface area (Å²) in [5, 5.41) is 12.1. The molecule has 2 aromatic heterocycles. The van der Waals surface area contributed by atoms with Crippen LogP contribution < -0.4 is 11.1 Å². The van der Waals surface area contributed by atoms with Crippen molar-refractivity contribution < 1.29 is 19.4 Å². The standard InChI is InChI=1S/C26H34N6O4/c1-36-13-3-9-32-23-22(29-26(32)30-24(34)20-5-2-4-19(14-20)16-27)15-21(17-28-23)25(35)31-10-6-18(7-11-31)8-12-33/h2,4-5,14-15,17-18,33H,3,6-13,16,27H2,1H3,(H,29,30,34). The van der Waals surface area contributed by atoms with Gasteiger partial charge in [-0.1, -0.05) is 12.1 Å². The molecule has 1 aromatic carbocycles. The number of aliphatic hydroxyl groups excluding tert-OH is 1. The minimum atomic E-state index is -0.296. The maximum atomic E-state index is 13.1. The number of rotatable bonds is 10. The SMILES string of the molecule is COCCCn1c(NC(=O)c2cccc(CN)c2)nc2cc(C(=O)N3CCC(CCO)CC3)cnc21. The Kier molecular flexibility index (Phi) is 8.63. The van der Waals surface area contributed by atoms with Crippen LogP contribution in [0, 0.1) is 5.92 Å². The van der Waals surface area contributed by atoms with Gasteiger partial charge in [0, 0.05) is 58.3 Å². The zero-order valence-corrected chi connectivity index (χ0v) is 20.7. The third-order valence-corrected chi connectivity index (χ3v) is 6.65. The average molecular weight is 495 g/mol. The number of nitrogens with two attached hydrogens (primary N) is 1. The maximum absolute atomic E-state index is 13.1. The zero-order valence-electron chi connectivity index (χ0n) is 20.7. The zero-order chi connectivity index (χ0) is 25.5.